The van der Waals surface area contributed by atoms with E-state index in [1.54, 1.807) is 0 Å². The zero-order valence-corrected chi connectivity index (χ0v) is 27.0. The van der Waals surface area contributed by atoms with Crippen LogP contribution in [0.4, 0.5) is 0 Å². The average molecular weight is 736 g/mol. The first-order chi connectivity index (χ1) is 20.4. The van der Waals surface area contributed by atoms with E-state index in [1.807, 2.05) is 36.4 Å². The third kappa shape index (κ3) is 4.52. The molecule has 0 amide bonds. The number of fused-ring (bicyclic) bond motifs is 2. The van der Waals surface area contributed by atoms with Gasteiger partial charge in [0, 0.05) is 5.41 Å². The quantitative estimate of drug-likeness (QED) is 0.169. The molecule has 1 aliphatic carbocycles. The summed E-state index contributed by atoms with van der Waals surface area (Å²) in [5.74, 6) is 0. The molecule has 0 atom stereocenters. The van der Waals surface area contributed by atoms with Gasteiger partial charge in [0.15, 0.2) is 0 Å². The van der Waals surface area contributed by atoms with Gasteiger partial charge in [-0.15, -0.1) is 71.8 Å². The summed E-state index contributed by atoms with van der Waals surface area (Å²) < 4.78 is 0. The summed E-state index contributed by atoms with van der Waals surface area (Å²) >= 11 is 0. The Morgan fingerprint density at radius 1 is 0.488 bits per heavy atom. The van der Waals surface area contributed by atoms with Crippen molar-refractivity contribution in [2.45, 2.75) is 38.5 Å². The van der Waals surface area contributed by atoms with Crippen LogP contribution in [0.25, 0.3) is 22.5 Å². The Bertz CT molecular complexity index is 1790. The summed E-state index contributed by atoms with van der Waals surface area (Å²) in [5.41, 5.74) is 12.1. The summed E-state index contributed by atoms with van der Waals surface area (Å²) in [7, 11) is 0. The maximum atomic E-state index is 5.51. The van der Waals surface area contributed by atoms with Gasteiger partial charge in [0.2, 0.25) is 0 Å². The van der Waals surface area contributed by atoms with Gasteiger partial charge in [-0.1, -0.05) is 85.6 Å². The second-order valence-corrected chi connectivity index (χ2v) is 11.7. The maximum Gasteiger partial charge on any atom is 2.00 e. The van der Waals surface area contributed by atoms with E-state index in [1.165, 1.54) is 22.3 Å². The summed E-state index contributed by atoms with van der Waals surface area (Å²) in [4.78, 5) is 11.0. The van der Waals surface area contributed by atoms with Crippen LogP contribution in [-0.2, 0) is 31.9 Å². The number of benzene rings is 4. The van der Waals surface area contributed by atoms with Crippen LogP contribution < -0.4 is 0 Å². The van der Waals surface area contributed by atoms with Crippen molar-refractivity contribution in [2.75, 3.05) is 0 Å². The van der Waals surface area contributed by atoms with Gasteiger partial charge >= 0.3 is 21.1 Å². The monoisotopic (exact) mass is 735 g/mol. The molecule has 0 spiro atoms. The molecule has 43 heavy (non-hydrogen) atoms. The molecule has 0 aliphatic heterocycles. The third-order valence-corrected chi connectivity index (χ3v) is 8.90. The molecule has 4 aromatic carbocycles. The largest absolute Gasteiger partial charge is 2.00 e. The second-order valence-electron chi connectivity index (χ2n) is 11.7. The Hall–Kier alpha value is -4.13. The minimum absolute atomic E-state index is 0. The van der Waals surface area contributed by atoms with Crippen molar-refractivity contribution < 1.29 is 21.1 Å². The number of nitrogens with zero attached hydrogens (tertiary/aromatic N) is 2. The third-order valence-electron chi connectivity index (χ3n) is 8.90. The Morgan fingerprint density at radius 2 is 0.884 bits per heavy atom. The SMILES string of the molecule is Cc1ccc(C2(c3ccc(C)c(-c4[c-]cccc4)n3)c3ccccc3C(C)(C)c3ccccc32)nc1-c1[c-]cccc1.[Pt+2]. The van der Waals surface area contributed by atoms with Gasteiger partial charge in [-0.3, -0.25) is 9.97 Å². The van der Waals surface area contributed by atoms with E-state index in [0.29, 0.717) is 0 Å². The van der Waals surface area contributed by atoms with Crippen LogP contribution in [0.1, 0.15) is 58.6 Å². The summed E-state index contributed by atoms with van der Waals surface area (Å²) in [6, 6.07) is 49.5. The van der Waals surface area contributed by atoms with Crippen molar-refractivity contribution in [3.63, 3.8) is 0 Å². The molecule has 0 radical (unpaired) electrons. The topological polar surface area (TPSA) is 25.8 Å². The molecule has 0 bridgehead atoms. The molecule has 0 unspecified atom stereocenters. The molecule has 0 N–H and O–H groups in total. The molecule has 0 saturated carbocycles. The number of rotatable bonds is 4. The van der Waals surface area contributed by atoms with E-state index in [-0.39, 0.29) is 26.5 Å². The molecule has 6 aromatic rings. The van der Waals surface area contributed by atoms with E-state index in [4.69, 9.17) is 9.97 Å². The van der Waals surface area contributed by atoms with Crippen molar-refractivity contribution >= 4 is 0 Å². The van der Waals surface area contributed by atoms with Crippen LogP contribution >= 0.6 is 0 Å². The summed E-state index contributed by atoms with van der Waals surface area (Å²) in [5, 5.41) is 0. The molecule has 1 aliphatic rings. The fourth-order valence-corrected chi connectivity index (χ4v) is 6.79. The van der Waals surface area contributed by atoms with Gasteiger partial charge in [-0.25, -0.2) is 0 Å². The molecule has 2 aromatic heterocycles. The Balaban J connectivity index is 0.00000329. The van der Waals surface area contributed by atoms with Gasteiger partial charge in [0.25, 0.3) is 0 Å². The number of hydrogen-bond donors (Lipinski definition) is 0. The molecular formula is C40H32N2Pt. The van der Waals surface area contributed by atoms with E-state index in [9.17, 15) is 0 Å². The number of hydrogen-bond acceptors (Lipinski definition) is 2. The van der Waals surface area contributed by atoms with Crippen molar-refractivity contribution in [1.29, 1.82) is 0 Å². The van der Waals surface area contributed by atoms with Crippen LogP contribution in [0.2, 0.25) is 0 Å². The second kappa shape index (κ2) is 11.2. The van der Waals surface area contributed by atoms with Crippen LogP contribution in [-0.4, -0.2) is 9.97 Å². The fraction of sp³-hybridized carbons (Fsp3) is 0.150. The zero-order chi connectivity index (χ0) is 28.9. The minimum Gasteiger partial charge on any atom is -0.299 e. The first-order valence-electron chi connectivity index (χ1n) is 14.5. The van der Waals surface area contributed by atoms with E-state index < -0.39 is 5.41 Å². The normalized spacial score (nSPS) is 14.2. The van der Waals surface area contributed by atoms with Gasteiger partial charge in [0.05, 0.1) is 11.4 Å². The molecule has 3 heteroatoms. The Morgan fingerprint density at radius 3 is 1.28 bits per heavy atom. The molecule has 0 saturated heterocycles. The number of aryl methyl sites for hydroxylation is 2. The zero-order valence-electron chi connectivity index (χ0n) is 24.8. The van der Waals surface area contributed by atoms with Crippen molar-refractivity contribution in [1.82, 2.24) is 9.97 Å². The molecule has 2 nitrogen and oxygen atoms in total. The van der Waals surface area contributed by atoms with E-state index in [0.717, 1.165) is 45.0 Å². The predicted molar refractivity (Wildman–Crippen MR) is 170 cm³/mol. The maximum absolute atomic E-state index is 5.51. The predicted octanol–water partition coefficient (Wildman–Crippen LogP) is 9.05. The molecule has 0 fully saturated rings. The van der Waals surface area contributed by atoms with Crippen LogP contribution in [0.15, 0.2) is 121 Å². The molecule has 7 rings (SSSR count). The van der Waals surface area contributed by atoms with Crippen LogP contribution in [0.3, 0.4) is 0 Å². The molecule has 2 heterocycles. The molecule has 212 valence electrons. The van der Waals surface area contributed by atoms with Gasteiger partial charge in [0.1, 0.15) is 5.41 Å². The van der Waals surface area contributed by atoms with Crippen LogP contribution in [0, 0.1) is 26.0 Å². The first-order valence-corrected chi connectivity index (χ1v) is 14.5. The smallest absolute Gasteiger partial charge is 0.299 e. The average Bonchev–Trinajstić information content (AvgIpc) is 3.03. The van der Waals surface area contributed by atoms with Crippen LogP contribution in [0.5, 0.6) is 0 Å². The first kappa shape index (κ1) is 29.0. The summed E-state index contributed by atoms with van der Waals surface area (Å²) in [6.07, 6.45) is 0. The Labute approximate surface area is 269 Å². The van der Waals surface area contributed by atoms with Gasteiger partial charge in [-0.05, 0) is 59.6 Å². The van der Waals surface area contributed by atoms with Crippen molar-refractivity contribution in [2.24, 2.45) is 0 Å². The Kier molecular flexibility index (Phi) is 7.53. The van der Waals surface area contributed by atoms with E-state index in [2.05, 4.69) is 125 Å². The minimum atomic E-state index is -0.739. The standard InChI is InChI=1S/C40H32N2.Pt/c1-27-23-25-35(41-37(27)29-15-7-5-8-16-29)40(36-26-24-28(2)38(42-36)30-17-9-6-10-18-30)33-21-13-11-19-31(33)39(3,4)32-20-12-14-22-34(32)40;/h5-15,17,19-26H,1-4H3;/q-2;+2. The van der Waals surface area contributed by atoms with Gasteiger partial charge < -0.3 is 0 Å². The van der Waals surface area contributed by atoms with Crippen molar-refractivity contribution in [3.8, 4) is 22.5 Å². The number of pyridine rings is 2. The van der Waals surface area contributed by atoms with Gasteiger partial charge in [-0.2, -0.15) is 0 Å². The fourth-order valence-electron chi connectivity index (χ4n) is 6.79. The summed E-state index contributed by atoms with van der Waals surface area (Å²) in [6.45, 7) is 8.90. The van der Waals surface area contributed by atoms with E-state index >= 15 is 0 Å². The number of aromatic nitrogens is 2. The molecular weight excluding hydrogens is 704 g/mol. The van der Waals surface area contributed by atoms with Crippen molar-refractivity contribution in [3.05, 3.63) is 178 Å².